The third-order valence-corrected chi connectivity index (χ3v) is 3.72. The van der Waals surface area contributed by atoms with E-state index in [0.29, 0.717) is 19.4 Å². The average Bonchev–Trinajstić information content (AvgIpc) is 2.82. The molecule has 0 radical (unpaired) electrons. The Morgan fingerprint density at radius 3 is 2.24 bits per heavy atom. The minimum atomic E-state index is -0.981. The summed E-state index contributed by atoms with van der Waals surface area (Å²) in [6, 6.07) is -1.46. The normalized spacial score (nSPS) is 20.5. The van der Waals surface area contributed by atoms with Gasteiger partial charge in [-0.25, -0.2) is 4.79 Å². The number of carbonyl (C=O) groups is 3. The molecule has 2 amide bonds. The van der Waals surface area contributed by atoms with E-state index in [2.05, 4.69) is 5.32 Å². The summed E-state index contributed by atoms with van der Waals surface area (Å²) >= 11 is 0. The third-order valence-electron chi connectivity index (χ3n) is 3.72. The molecule has 1 rings (SSSR count). The van der Waals surface area contributed by atoms with Gasteiger partial charge in [0.15, 0.2) is 0 Å². The molecule has 120 valence electrons. The van der Waals surface area contributed by atoms with Gasteiger partial charge in [0.25, 0.3) is 0 Å². The summed E-state index contributed by atoms with van der Waals surface area (Å²) in [7, 11) is 0. The molecule has 0 bridgehead atoms. The van der Waals surface area contributed by atoms with Crippen LogP contribution in [0.5, 0.6) is 0 Å². The van der Waals surface area contributed by atoms with Crippen molar-refractivity contribution in [3.8, 4) is 0 Å². The van der Waals surface area contributed by atoms with E-state index in [1.165, 1.54) is 4.90 Å². The second kappa shape index (κ2) is 6.45. The van der Waals surface area contributed by atoms with Gasteiger partial charge in [0.2, 0.25) is 11.8 Å². The summed E-state index contributed by atoms with van der Waals surface area (Å²) in [6.45, 7) is 9.46. The lowest BCUT2D eigenvalue weighted by Crippen LogP contribution is -2.55. The molecule has 1 heterocycles. The topological polar surface area (TPSA) is 86.7 Å². The van der Waals surface area contributed by atoms with Crippen LogP contribution in [-0.4, -0.2) is 46.4 Å². The Bertz CT molecular complexity index is 426. The van der Waals surface area contributed by atoms with Gasteiger partial charge < -0.3 is 15.3 Å². The number of amides is 2. The number of carboxylic acid groups (broad SMARTS) is 1. The largest absolute Gasteiger partial charge is 0.480 e. The Kier molecular flexibility index (Phi) is 5.36. The van der Waals surface area contributed by atoms with Crippen LogP contribution in [0.2, 0.25) is 0 Å². The Morgan fingerprint density at radius 2 is 1.81 bits per heavy atom. The van der Waals surface area contributed by atoms with Gasteiger partial charge in [-0.2, -0.15) is 0 Å². The molecule has 0 spiro atoms. The lowest BCUT2D eigenvalue weighted by molar-refractivity contribution is -0.150. The van der Waals surface area contributed by atoms with E-state index in [9.17, 15) is 19.5 Å². The van der Waals surface area contributed by atoms with E-state index in [-0.39, 0.29) is 17.7 Å². The zero-order chi connectivity index (χ0) is 16.4. The van der Waals surface area contributed by atoms with Crippen molar-refractivity contribution in [2.24, 2.45) is 11.3 Å². The first kappa shape index (κ1) is 17.5. The molecule has 0 saturated carbocycles. The minimum absolute atomic E-state index is 0.0983. The zero-order valence-corrected chi connectivity index (χ0v) is 13.5. The molecule has 6 heteroatoms. The van der Waals surface area contributed by atoms with Gasteiger partial charge in [0.05, 0.1) is 0 Å². The smallest absolute Gasteiger partial charge is 0.326 e. The summed E-state index contributed by atoms with van der Waals surface area (Å²) in [5.41, 5.74) is -0.593. The van der Waals surface area contributed by atoms with Crippen molar-refractivity contribution in [1.29, 1.82) is 0 Å². The number of rotatable bonds is 4. The van der Waals surface area contributed by atoms with Crippen molar-refractivity contribution in [3.63, 3.8) is 0 Å². The number of nitrogens with zero attached hydrogens (tertiary/aromatic N) is 1. The van der Waals surface area contributed by atoms with Gasteiger partial charge in [-0.3, -0.25) is 9.59 Å². The van der Waals surface area contributed by atoms with Crippen LogP contribution in [-0.2, 0) is 14.4 Å². The first-order valence-electron chi connectivity index (χ1n) is 7.40. The molecule has 0 aromatic rings. The molecular weight excluding hydrogens is 272 g/mol. The highest BCUT2D eigenvalue weighted by Gasteiger charge is 2.39. The Labute approximate surface area is 125 Å². The Morgan fingerprint density at radius 1 is 1.24 bits per heavy atom. The summed E-state index contributed by atoms with van der Waals surface area (Å²) < 4.78 is 0. The minimum Gasteiger partial charge on any atom is -0.480 e. The lowest BCUT2D eigenvalue weighted by Gasteiger charge is -2.31. The number of hydrogen-bond acceptors (Lipinski definition) is 3. The van der Waals surface area contributed by atoms with Crippen molar-refractivity contribution in [2.45, 2.75) is 59.5 Å². The number of carbonyl (C=O) groups excluding carboxylic acids is 2. The molecule has 21 heavy (non-hydrogen) atoms. The van der Waals surface area contributed by atoms with E-state index < -0.39 is 23.5 Å². The number of hydrogen-bond donors (Lipinski definition) is 2. The fourth-order valence-electron chi connectivity index (χ4n) is 2.34. The van der Waals surface area contributed by atoms with E-state index in [0.717, 1.165) is 0 Å². The SMILES string of the molecule is CC(C)[C@H](NC(=O)C(C)(C)C)C(=O)N1CCC[C@H]1C(=O)O. The Hall–Kier alpha value is -1.59. The van der Waals surface area contributed by atoms with E-state index >= 15 is 0 Å². The molecule has 0 aliphatic carbocycles. The van der Waals surface area contributed by atoms with E-state index in [1.54, 1.807) is 20.8 Å². The van der Waals surface area contributed by atoms with Gasteiger partial charge in [-0.1, -0.05) is 34.6 Å². The van der Waals surface area contributed by atoms with Crippen molar-refractivity contribution in [2.75, 3.05) is 6.54 Å². The molecule has 2 atom stereocenters. The summed E-state index contributed by atoms with van der Waals surface area (Å²) in [5.74, 6) is -1.59. The second-order valence-electron chi connectivity index (χ2n) is 6.97. The highest BCUT2D eigenvalue weighted by atomic mass is 16.4. The molecule has 6 nitrogen and oxygen atoms in total. The van der Waals surface area contributed by atoms with Crippen molar-refractivity contribution in [1.82, 2.24) is 10.2 Å². The molecule has 1 fully saturated rings. The molecule has 1 saturated heterocycles. The monoisotopic (exact) mass is 298 g/mol. The zero-order valence-electron chi connectivity index (χ0n) is 13.5. The van der Waals surface area contributed by atoms with Gasteiger partial charge >= 0.3 is 5.97 Å². The fourth-order valence-corrected chi connectivity index (χ4v) is 2.34. The van der Waals surface area contributed by atoms with Gasteiger partial charge in [-0.15, -0.1) is 0 Å². The number of likely N-dealkylation sites (tertiary alicyclic amines) is 1. The highest BCUT2D eigenvalue weighted by Crippen LogP contribution is 2.21. The maximum Gasteiger partial charge on any atom is 0.326 e. The highest BCUT2D eigenvalue weighted by molar-refractivity contribution is 5.92. The van der Waals surface area contributed by atoms with Gasteiger partial charge in [0.1, 0.15) is 12.1 Å². The second-order valence-corrected chi connectivity index (χ2v) is 6.97. The van der Waals surface area contributed by atoms with Gasteiger partial charge in [-0.05, 0) is 18.8 Å². The predicted octanol–water partition coefficient (Wildman–Crippen LogP) is 1.25. The van der Waals surface area contributed by atoms with Crippen molar-refractivity contribution in [3.05, 3.63) is 0 Å². The first-order valence-corrected chi connectivity index (χ1v) is 7.40. The molecule has 1 aliphatic heterocycles. The molecule has 1 aliphatic rings. The van der Waals surface area contributed by atoms with Crippen molar-refractivity contribution < 1.29 is 19.5 Å². The number of nitrogens with one attached hydrogen (secondary N) is 1. The molecule has 0 unspecified atom stereocenters. The summed E-state index contributed by atoms with van der Waals surface area (Å²) in [5, 5.41) is 12.0. The third kappa shape index (κ3) is 4.19. The summed E-state index contributed by atoms with van der Waals surface area (Å²) in [4.78, 5) is 37.3. The maximum atomic E-state index is 12.6. The number of carboxylic acids is 1. The Balaban J connectivity index is 2.88. The molecular formula is C15H26N2O4. The lowest BCUT2D eigenvalue weighted by atomic mass is 9.93. The standard InChI is InChI=1S/C15H26N2O4/c1-9(2)11(16-14(21)15(3,4)5)12(18)17-8-6-7-10(17)13(19)20/h9-11H,6-8H2,1-5H3,(H,16,21)(H,19,20)/t10-,11-/m0/s1. The van der Waals surface area contributed by atoms with Crippen molar-refractivity contribution >= 4 is 17.8 Å². The van der Waals surface area contributed by atoms with Crippen LogP contribution in [0.25, 0.3) is 0 Å². The average molecular weight is 298 g/mol. The van der Waals surface area contributed by atoms with E-state index in [4.69, 9.17) is 0 Å². The maximum absolute atomic E-state index is 12.6. The van der Waals surface area contributed by atoms with E-state index in [1.807, 2.05) is 13.8 Å². The molecule has 0 aromatic heterocycles. The van der Waals surface area contributed by atoms with Crippen LogP contribution in [0.3, 0.4) is 0 Å². The van der Waals surface area contributed by atoms with Crippen LogP contribution < -0.4 is 5.32 Å². The fraction of sp³-hybridized carbons (Fsp3) is 0.800. The van der Waals surface area contributed by atoms with Crippen LogP contribution in [0.15, 0.2) is 0 Å². The van der Waals surface area contributed by atoms with Crippen LogP contribution in [0.1, 0.15) is 47.5 Å². The number of aliphatic carboxylic acids is 1. The molecule has 2 N–H and O–H groups in total. The summed E-state index contributed by atoms with van der Waals surface area (Å²) in [6.07, 6.45) is 1.15. The first-order chi connectivity index (χ1) is 9.55. The predicted molar refractivity (Wildman–Crippen MR) is 78.6 cm³/mol. The quantitative estimate of drug-likeness (QED) is 0.817. The molecule has 0 aromatic carbocycles. The van der Waals surface area contributed by atoms with Crippen LogP contribution >= 0.6 is 0 Å². The van der Waals surface area contributed by atoms with Gasteiger partial charge in [0, 0.05) is 12.0 Å². The van der Waals surface area contributed by atoms with Crippen LogP contribution in [0, 0.1) is 11.3 Å². The van der Waals surface area contributed by atoms with Crippen LogP contribution in [0.4, 0.5) is 0 Å².